The number of unbranched alkanes of at least 4 members (excludes halogenated alkanes) is 5. The van der Waals surface area contributed by atoms with Crippen LogP contribution in [0.25, 0.3) is 0 Å². The summed E-state index contributed by atoms with van der Waals surface area (Å²) in [5.41, 5.74) is 0. The number of carbonyl (C=O) groups is 2. The predicted molar refractivity (Wildman–Crippen MR) is 83.5 cm³/mol. The lowest BCUT2D eigenvalue weighted by molar-refractivity contribution is -0.139. The highest BCUT2D eigenvalue weighted by atomic mass is 32.2. The zero-order valence-electron chi connectivity index (χ0n) is 12.9. The standard InChI is InChI=1S/C16H26O3S/c1-4-6-7-8-9-10-11-16(3)13(12-15(18)20-16)19-14(17)5-2/h12H,4-11H2,1-3H3/t16-/m1/s1. The molecular weight excluding hydrogens is 272 g/mol. The van der Waals surface area contributed by atoms with Gasteiger partial charge in [-0.25, -0.2) is 0 Å². The van der Waals surface area contributed by atoms with Gasteiger partial charge in [-0.3, -0.25) is 9.59 Å². The average Bonchev–Trinajstić information content (AvgIpc) is 2.68. The van der Waals surface area contributed by atoms with Crippen LogP contribution in [0, 0.1) is 0 Å². The maximum Gasteiger partial charge on any atom is 0.310 e. The molecular formula is C16H26O3S. The fourth-order valence-electron chi connectivity index (χ4n) is 2.31. The van der Waals surface area contributed by atoms with E-state index in [4.69, 9.17) is 4.74 Å². The van der Waals surface area contributed by atoms with Gasteiger partial charge in [0.05, 0.1) is 4.75 Å². The molecule has 1 atom stereocenters. The second-order valence-electron chi connectivity index (χ2n) is 5.51. The van der Waals surface area contributed by atoms with Gasteiger partial charge >= 0.3 is 5.97 Å². The van der Waals surface area contributed by atoms with Crippen molar-refractivity contribution in [3.05, 3.63) is 11.8 Å². The fourth-order valence-corrected chi connectivity index (χ4v) is 3.37. The van der Waals surface area contributed by atoms with E-state index in [1.165, 1.54) is 49.9 Å². The van der Waals surface area contributed by atoms with Gasteiger partial charge in [-0.05, 0) is 13.3 Å². The Kier molecular flexibility index (Phi) is 7.35. The van der Waals surface area contributed by atoms with Gasteiger partial charge in [0.25, 0.3) is 0 Å². The Balaban J connectivity index is 2.43. The summed E-state index contributed by atoms with van der Waals surface area (Å²) in [7, 11) is 0. The van der Waals surface area contributed by atoms with Crippen molar-refractivity contribution in [3.8, 4) is 0 Å². The zero-order valence-corrected chi connectivity index (χ0v) is 13.7. The first-order valence-corrected chi connectivity index (χ1v) is 8.49. The molecule has 0 N–H and O–H groups in total. The van der Waals surface area contributed by atoms with Crippen LogP contribution in [-0.2, 0) is 14.3 Å². The Morgan fingerprint density at radius 3 is 2.50 bits per heavy atom. The molecule has 0 unspecified atom stereocenters. The van der Waals surface area contributed by atoms with Crippen LogP contribution in [0.15, 0.2) is 11.8 Å². The van der Waals surface area contributed by atoms with Crippen LogP contribution in [0.4, 0.5) is 0 Å². The highest BCUT2D eigenvalue weighted by Crippen LogP contribution is 2.44. The molecule has 0 radical (unpaired) electrons. The van der Waals surface area contributed by atoms with Crippen molar-refractivity contribution >= 4 is 22.8 Å². The SMILES string of the molecule is CCCCCCCC[C@@]1(C)SC(=O)C=C1OC(=O)CC. The number of rotatable bonds is 9. The molecule has 1 aliphatic rings. The third kappa shape index (κ3) is 5.31. The van der Waals surface area contributed by atoms with Gasteiger partial charge in [0.2, 0.25) is 5.12 Å². The van der Waals surface area contributed by atoms with Crippen molar-refractivity contribution in [1.29, 1.82) is 0 Å². The maximum absolute atomic E-state index is 11.6. The van der Waals surface area contributed by atoms with Gasteiger partial charge in [-0.1, -0.05) is 64.1 Å². The zero-order chi connectivity index (χ0) is 15.0. The van der Waals surface area contributed by atoms with E-state index in [9.17, 15) is 9.59 Å². The lowest BCUT2D eigenvalue weighted by atomic mass is 9.99. The van der Waals surface area contributed by atoms with Crippen LogP contribution < -0.4 is 0 Å². The summed E-state index contributed by atoms with van der Waals surface area (Å²) in [4.78, 5) is 23.0. The molecule has 0 aromatic carbocycles. The highest BCUT2D eigenvalue weighted by molar-refractivity contribution is 8.15. The van der Waals surface area contributed by atoms with Crippen molar-refractivity contribution in [3.63, 3.8) is 0 Å². The first kappa shape index (κ1) is 17.3. The smallest absolute Gasteiger partial charge is 0.310 e. The van der Waals surface area contributed by atoms with Crippen LogP contribution in [0.5, 0.6) is 0 Å². The molecule has 0 fully saturated rings. The number of hydrogen-bond acceptors (Lipinski definition) is 4. The second-order valence-corrected chi connectivity index (χ2v) is 7.01. The third-order valence-corrected chi connectivity index (χ3v) is 4.79. The predicted octanol–water partition coefficient (Wildman–Crippen LogP) is 4.61. The summed E-state index contributed by atoms with van der Waals surface area (Å²) >= 11 is 1.29. The first-order chi connectivity index (χ1) is 9.51. The van der Waals surface area contributed by atoms with Crippen molar-refractivity contribution < 1.29 is 14.3 Å². The van der Waals surface area contributed by atoms with E-state index in [2.05, 4.69) is 6.92 Å². The Labute approximate surface area is 126 Å². The van der Waals surface area contributed by atoms with Gasteiger partial charge in [-0.2, -0.15) is 0 Å². The molecule has 0 amide bonds. The second kappa shape index (κ2) is 8.50. The Hall–Kier alpha value is -0.770. The lowest BCUT2D eigenvalue weighted by Gasteiger charge is -2.25. The number of hydrogen-bond donors (Lipinski definition) is 0. The van der Waals surface area contributed by atoms with E-state index < -0.39 is 0 Å². The molecule has 0 spiro atoms. The largest absolute Gasteiger partial charge is 0.429 e. The molecule has 3 nitrogen and oxygen atoms in total. The highest BCUT2D eigenvalue weighted by Gasteiger charge is 2.40. The first-order valence-electron chi connectivity index (χ1n) is 7.67. The van der Waals surface area contributed by atoms with Crippen LogP contribution in [0.3, 0.4) is 0 Å². The normalized spacial score (nSPS) is 21.9. The van der Waals surface area contributed by atoms with Crippen molar-refractivity contribution in [2.75, 3.05) is 0 Å². The molecule has 1 heterocycles. The minimum absolute atomic E-state index is 0.00242. The summed E-state index contributed by atoms with van der Waals surface area (Å²) in [6, 6.07) is 0. The van der Waals surface area contributed by atoms with Crippen molar-refractivity contribution in [2.24, 2.45) is 0 Å². The van der Waals surface area contributed by atoms with Gasteiger partial charge in [0.1, 0.15) is 5.76 Å². The summed E-state index contributed by atoms with van der Waals surface area (Å²) in [5.74, 6) is 0.286. The van der Waals surface area contributed by atoms with E-state index in [1.807, 2.05) is 6.92 Å². The van der Waals surface area contributed by atoms with Gasteiger partial charge < -0.3 is 4.74 Å². The van der Waals surface area contributed by atoms with E-state index in [-0.39, 0.29) is 15.8 Å². The summed E-state index contributed by atoms with van der Waals surface area (Å²) in [5, 5.41) is -0.00242. The molecule has 0 aromatic heterocycles. The number of esters is 1. The van der Waals surface area contributed by atoms with E-state index >= 15 is 0 Å². The van der Waals surface area contributed by atoms with E-state index in [1.54, 1.807) is 6.92 Å². The maximum atomic E-state index is 11.6. The molecule has 20 heavy (non-hydrogen) atoms. The number of ether oxygens (including phenoxy) is 1. The topological polar surface area (TPSA) is 43.4 Å². The Bertz CT molecular complexity index is 376. The van der Waals surface area contributed by atoms with Crippen molar-refractivity contribution in [2.45, 2.75) is 76.9 Å². The molecule has 0 bridgehead atoms. The molecule has 1 rings (SSSR count). The summed E-state index contributed by atoms with van der Waals surface area (Å²) in [6.07, 6.45) is 10.0. The number of thioether (sulfide) groups is 1. The van der Waals surface area contributed by atoms with E-state index in [0.29, 0.717) is 12.2 Å². The Morgan fingerprint density at radius 2 is 1.85 bits per heavy atom. The molecule has 0 saturated heterocycles. The minimum Gasteiger partial charge on any atom is -0.429 e. The van der Waals surface area contributed by atoms with Crippen LogP contribution in [0.2, 0.25) is 0 Å². The molecule has 4 heteroatoms. The molecule has 114 valence electrons. The quantitative estimate of drug-likeness (QED) is 0.460. The van der Waals surface area contributed by atoms with Crippen LogP contribution >= 0.6 is 11.8 Å². The van der Waals surface area contributed by atoms with E-state index in [0.717, 1.165) is 12.8 Å². The van der Waals surface area contributed by atoms with Gasteiger partial charge in [0, 0.05) is 12.5 Å². The minimum atomic E-state index is -0.354. The molecule has 1 aliphatic heterocycles. The molecule has 0 aliphatic carbocycles. The van der Waals surface area contributed by atoms with Gasteiger partial charge in [-0.15, -0.1) is 0 Å². The molecule has 0 saturated carbocycles. The van der Waals surface area contributed by atoms with Crippen LogP contribution in [-0.4, -0.2) is 15.8 Å². The third-order valence-electron chi connectivity index (χ3n) is 3.62. The number of carbonyl (C=O) groups excluding carboxylic acids is 2. The summed E-state index contributed by atoms with van der Waals surface area (Å²) in [6.45, 7) is 5.97. The van der Waals surface area contributed by atoms with Crippen LogP contribution in [0.1, 0.15) is 72.1 Å². The van der Waals surface area contributed by atoms with Gasteiger partial charge in [0.15, 0.2) is 0 Å². The summed E-state index contributed by atoms with van der Waals surface area (Å²) < 4.78 is 4.97. The Morgan fingerprint density at radius 1 is 1.20 bits per heavy atom. The lowest BCUT2D eigenvalue weighted by Crippen LogP contribution is -2.23. The molecule has 0 aromatic rings. The fraction of sp³-hybridized carbons (Fsp3) is 0.750. The average molecular weight is 298 g/mol. The van der Waals surface area contributed by atoms with Crippen molar-refractivity contribution in [1.82, 2.24) is 0 Å². The monoisotopic (exact) mass is 298 g/mol.